The van der Waals surface area contributed by atoms with Crippen LogP contribution in [0, 0.1) is 31.8 Å². The van der Waals surface area contributed by atoms with E-state index in [1.54, 1.807) is 0 Å². The van der Waals surface area contributed by atoms with Gasteiger partial charge in [0.25, 0.3) is 17.6 Å². The molecule has 2 aromatic carbocycles. The molecule has 4 N–H and O–H groups in total. The van der Waals surface area contributed by atoms with E-state index in [0.29, 0.717) is 0 Å². The topological polar surface area (TPSA) is 423 Å². The van der Waals surface area contributed by atoms with Gasteiger partial charge in [-0.3, -0.25) is 0 Å². The third-order valence-corrected chi connectivity index (χ3v) is 8.56. The molecule has 0 bridgehead atoms. The van der Waals surface area contributed by atoms with Gasteiger partial charge in [0.2, 0.25) is 0 Å². The molecule has 5 heterocycles. The average molecular weight is 1040 g/mol. The van der Waals surface area contributed by atoms with Crippen LogP contribution in [0.25, 0.3) is 28.1 Å². The van der Waals surface area contributed by atoms with Crippen LogP contribution in [-0.4, -0.2) is 78.0 Å². The van der Waals surface area contributed by atoms with E-state index in [9.17, 15) is 50.0 Å². The maximum atomic E-state index is 12.8. The van der Waals surface area contributed by atoms with Gasteiger partial charge < -0.3 is 56.2 Å². The number of azo groups is 2. The summed E-state index contributed by atoms with van der Waals surface area (Å²) in [6.07, 6.45) is 2.13. The van der Waals surface area contributed by atoms with Gasteiger partial charge in [-0.15, -0.1) is 20.5 Å². The second-order valence-corrected chi connectivity index (χ2v) is 12.5. The van der Waals surface area contributed by atoms with E-state index < -0.39 is 64.0 Å². The van der Waals surface area contributed by atoms with Crippen molar-refractivity contribution in [2.45, 2.75) is 13.8 Å². The molecule has 0 atom stereocenters. The number of anilines is 2. The third kappa shape index (κ3) is 13.3. The molecular formula is C35H18K5N19O9. The number of nitrogens with two attached hydrogens (primary N) is 2. The first-order valence-corrected chi connectivity index (χ1v) is 17.1. The van der Waals surface area contributed by atoms with Crippen LogP contribution in [0.15, 0.2) is 69.2 Å². The van der Waals surface area contributed by atoms with E-state index in [4.69, 9.17) is 18.0 Å². The number of hydrogen-bond acceptors (Lipinski definition) is 23. The number of carboxylic acids is 4. The number of nitriles is 1. The predicted molar refractivity (Wildman–Crippen MR) is 196 cm³/mol. The maximum absolute atomic E-state index is 12.8. The van der Waals surface area contributed by atoms with Crippen LogP contribution in [0.5, 0.6) is 6.01 Å². The summed E-state index contributed by atoms with van der Waals surface area (Å²) in [4.78, 5) is 61.4. The Morgan fingerprint density at radius 1 is 0.618 bits per heavy atom. The Bertz CT molecular complexity index is 3000. The number of aryl methyl sites for hydroxylation is 2. The molecule has 0 aliphatic carbocycles. The Balaban J connectivity index is 0.00000317. The van der Waals surface area contributed by atoms with Crippen LogP contribution in [0.4, 0.5) is 40.3 Å². The van der Waals surface area contributed by atoms with Gasteiger partial charge in [-0.2, -0.15) is 40.0 Å². The minimum atomic E-state index is -1.71. The zero-order valence-electron chi connectivity index (χ0n) is 36.6. The van der Waals surface area contributed by atoms with Crippen molar-refractivity contribution in [3.8, 4) is 35.4 Å². The van der Waals surface area contributed by atoms with E-state index in [-0.39, 0.29) is 326 Å². The quantitative estimate of drug-likeness (QED) is 0.0652. The van der Waals surface area contributed by atoms with Gasteiger partial charge in [0.05, 0.1) is 71.6 Å². The van der Waals surface area contributed by atoms with Crippen molar-refractivity contribution in [1.82, 2.24) is 54.1 Å². The van der Waals surface area contributed by atoms with E-state index >= 15 is 0 Å². The van der Waals surface area contributed by atoms with Gasteiger partial charge in [0.1, 0.15) is 11.6 Å². The molecule has 0 unspecified atom stereocenters. The standard InChI is InChI=1S/C35H23N19O9.5K/c1-13-23(45-47-27-19(10-36)11-40-51(27)20-6-15(29(55)56)4-16(7-20)30(57)58)25(37)53(49-13)33-42-34(44-35(63)43-33)54-26(38)24(14(2)50-54)46-48-28-22(39-3)12-41-52(28)21-8-17(31(59)60)5-18(9-21)32(61)62;;;;;/h4-9,11-12H,37-38H2,1-2H3,(H,55,56)(H,57,58)(H,59,60)(H,61,62)(H,42,43,44,63);;;;;/q;5*+1/p-5. The Labute approximate surface area is 593 Å². The van der Waals surface area contributed by atoms with Crippen molar-refractivity contribution in [1.29, 1.82) is 5.26 Å². The summed E-state index contributed by atoms with van der Waals surface area (Å²) in [6.45, 7) is 10.4. The SMILES string of the molecule is [C-]#[N+]c1cnn(-c2cc(C(=O)[O-])cc(C(=O)[O-])c2)c1N=Nc1c(C)nn(-c2nc([O-])nc(-n3nc(C)c(N=Nc4c(C#N)cnn4-c4cc(C(=O)[O-])cc(C(=O)[O-])c4)c3N)n2)c1N.[K+].[K+].[K+].[K+].[K+]. The number of nitrogen functional groups attached to an aromatic ring is 2. The van der Waals surface area contributed by atoms with E-state index in [1.165, 1.54) is 13.8 Å². The average Bonchev–Trinajstić information content (AvgIpc) is 4.01. The van der Waals surface area contributed by atoms with Crippen LogP contribution in [-0.2, 0) is 0 Å². The van der Waals surface area contributed by atoms with Crippen molar-refractivity contribution in [2.75, 3.05) is 11.5 Å². The monoisotopic (exact) mass is 1040 g/mol. The summed E-state index contributed by atoms with van der Waals surface area (Å²) in [5.41, 5.74) is 9.84. The van der Waals surface area contributed by atoms with Crippen molar-refractivity contribution in [3.63, 3.8) is 0 Å². The van der Waals surface area contributed by atoms with E-state index in [2.05, 4.69) is 60.6 Å². The first-order valence-electron chi connectivity index (χ1n) is 17.1. The molecule has 0 aliphatic heterocycles. The molecule has 28 nitrogen and oxygen atoms in total. The number of carboxylic acid groups (broad SMARTS) is 4. The van der Waals surface area contributed by atoms with Crippen molar-refractivity contribution < 1.29 is 302 Å². The molecule has 0 saturated heterocycles. The van der Waals surface area contributed by atoms with Crippen molar-refractivity contribution in [3.05, 3.63) is 99.4 Å². The largest absolute Gasteiger partial charge is 1.00 e. The number of nitrogens with zero attached hydrogens (tertiary/aromatic N) is 17. The summed E-state index contributed by atoms with van der Waals surface area (Å²) in [6, 6.07) is 6.45. The van der Waals surface area contributed by atoms with Gasteiger partial charge in [0, 0.05) is 0 Å². The molecule has 0 amide bonds. The Morgan fingerprint density at radius 3 is 1.38 bits per heavy atom. The van der Waals surface area contributed by atoms with Gasteiger partial charge >= 0.3 is 257 Å². The molecule has 68 heavy (non-hydrogen) atoms. The fourth-order valence-electron chi connectivity index (χ4n) is 5.68. The Kier molecular flexibility index (Phi) is 24.3. The van der Waals surface area contributed by atoms with Crippen LogP contribution in [0.1, 0.15) is 58.4 Å². The van der Waals surface area contributed by atoms with Crippen LogP contribution in [0.2, 0.25) is 0 Å². The van der Waals surface area contributed by atoms with Crippen molar-refractivity contribution in [2.24, 2.45) is 20.5 Å². The van der Waals surface area contributed by atoms with Gasteiger partial charge in [-0.25, -0.2) is 24.2 Å². The number of rotatable bonds is 12. The third-order valence-electron chi connectivity index (χ3n) is 8.56. The van der Waals surface area contributed by atoms with E-state index in [1.807, 2.05) is 6.07 Å². The normalized spacial score (nSPS) is 10.4. The molecule has 0 fully saturated rings. The molecular weight excluding hydrogens is 1030 g/mol. The fourth-order valence-corrected chi connectivity index (χ4v) is 5.68. The second-order valence-electron chi connectivity index (χ2n) is 12.5. The smallest absolute Gasteiger partial charge is 0.844 e. The number of carbonyl (C=O) groups excluding carboxylic acids is 4. The molecule has 7 aromatic rings. The van der Waals surface area contributed by atoms with Crippen LogP contribution in [0.3, 0.4) is 0 Å². The van der Waals surface area contributed by atoms with Gasteiger partial charge in [-0.1, -0.05) is 0 Å². The summed E-state index contributed by atoms with van der Waals surface area (Å²) in [5, 5.41) is 102. The molecule has 0 saturated carbocycles. The molecule has 7 rings (SSSR count). The van der Waals surface area contributed by atoms with Crippen LogP contribution >= 0.6 is 0 Å². The van der Waals surface area contributed by atoms with Gasteiger partial charge in [0.15, 0.2) is 34.6 Å². The minimum Gasteiger partial charge on any atom is -0.844 e. The van der Waals surface area contributed by atoms with Gasteiger partial charge in [-0.05, 0) is 72.5 Å². The number of hydrogen-bond donors (Lipinski definition) is 2. The predicted octanol–water partition coefficient (Wildman–Crippen LogP) is -16.8. The molecule has 0 spiro atoms. The Morgan fingerprint density at radius 2 is 1.00 bits per heavy atom. The van der Waals surface area contributed by atoms with Crippen molar-refractivity contribution >= 4 is 64.2 Å². The second kappa shape index (κ2) is 26.6. The molecule has 312 valence electrons. The molecule has 0 radical (unpaired) electrons. The summed E-state index contributed by atoms with van der Waals surface area (Å²) < 4.78 is 3.68. The molecule has 5 aromatic heterocycles. The number of benzene rings is 2. The van der Waals surface area contributed by atoms with E-state index in [0.717, 1.165) is 67.5 Å². The summed E-state index contributed by atoms with van der Waals surface area (Å²) in [7, 11) is 0. The minimum absolute atomic E-state index is 0. The number of aromatic carboxylic acids is 4. The van der Waals surface area contributed by atoms with Crippen LogP contribution < -0.4 is 294 Å². The fraction of sp³-hybridized carbons (Fsp3) is 0.0571. The molecule has 0 aliphatic rings. The number of carbonyl (C=O) groups is 4. The zero-order valence-corrected chi connectivity index (χ0v) is 52.2. The molecule has 33 heteroatoms. The maximum Gasteiger partial charge on any atom is 1.00 e. The first kappa shape index (κ1) is 62.1. The number of aromatic nitrogens is 11. The Hall–Kier alpha value is -2.07. The first-order chi connectivity index (χ1) is 30.0. The zero-order chi connectivity index (χ0) is 45.4. The summed E-state index contributed by atoms with van der Waals surface area (Å²) >= 11 is 0. The summed E-state index contributed by atoms with van der Waals surface area (Å²) in [5.74, 6) is -8.88.